The fourth-order valence-electron chi connectivity index (χ4n) is 3.88. The molecule has 0 spiro atoms. The second-order valence-corrected chi connectivity index (χ2v) is 7.58. The van der Waals surface area contributed by atoms with Crippen LogP contribution in [-0.4, -0.2) is 38.7 Å². The zero-order valence-corrected chi connectivity index (χ0v) is 16.0. The molecule has 4 rings (SSSR count). The number of carbonyl (C=O) groups is 1. The first kappa shape index (κ1) is 18.3. The van der Waals surface area contributed by atoms with E-state index in [0.29, 0.717) is 17.7 Å². The lowest BCUT2D eigenvalue weighted by molar-refractivity contribution is -0.133. The zero-order chi connectivity index (χ0) is 19.5. The Labute approximate surface area is 163 Å². The maximum atomic E-state index is 12.9. The number of hydrogen-bond acceptors (Lipinski definition) is 4. The van der Waals surface area contributed by atoms with E-state index in [9.17, 15) is 9.59 Å². The van der Waals surface area contributed by atoms with Crippen LogP contribution >= 0.6 is 0 Å². The van der Waals surface area contributed by atoms with Crippen molar-refractivity contribution in [2.24, 2.45) is 5.92 Å². The quantitative estimate of drug-likeness (QED) is 0.702. The molecule has 144 valence electrons. The van der Waals surface area contributed by atoms with E-state index in [-0.39, 0.29) is 18.0 Å². The molecule has 6 nitrogen and oxygen atoms in total. The summed E-state index contributed by atoms with van der Waals surface area (Å²) in [4.78, 5) is 31.7. The number of pyridine rings is 1. The highest BCUT2D eigenvalue weighted by Gasteiger charge is 2.22. The van der Waals surface area contributed by atoms with Crippen LogP contribution in [0, 0.1) is 5.92 Å². The minimum Gasteiger partial charge on any atom is -0.341 e. The summed E-state index contributed by atoms with van der Waals surface area (Å²) in [6.45, 7) is 3.65. The maximum absolute atomic E-state index is 12.9. The summed E-state index contributed by atoms with van der Waals surface area (Å²) in [5.74, 6) is 0.462. The molecule has 1 aromatic carbocycles. The third-order valence-corrected chi connectivity index (χ3v) is 5.33. The summed E-state index contributed by atoms with van der Waals surface area (Å²) in [6.07, 6.45) is 6.25. The molecular formula is C22H24N4O2. The lowest BCUT2D eigenvalue weighted by atomic mass is 10.0. The Morgan fingerprint density at radius 2 is 2.00 bits per heavy atom. The van der Waals surface area contributed by atoms with Gasteiger partial charge in [0.15, 0.2) is 0 Å². The summed E-state index contributed by atoms with van der Waals surface area (Å²) in [6, 6.07) is 11.3. The molecule has 1 atom stereocenters. The molecule has 1 fully saturated rings. The number of rotatable bonds is 4. The number of likely N-dealkylation sites (tertiary alicyclic amines) is 1. The molecule has 3 aromatic rings. The normalized spacial score (nSPS) is 17.0. The zero-order valence-electron chi connectivity index (χ0n) is 16.0. The van der Waals surface area contributed by atoms with Crippen molar-refractivity contribution in [2.75, 3.05) is 13.1 Å². The van der Waals surface area contributed by atoms with E-state index < -0.39 is 0 Å². The van der Waals surface area contributed by atoms with Gasteiger partial charge in [0.05, 0.1) is 11.1 Å². The van der Waals surface area contributed by atoms with Crippen molar-refractivity contribution in [2.45, 2.75) is 32.7 Å². The Morgan fingerprint density at radius 1 is 1.18 bits per heavy atom. The van der Waals surface area contributed by atoms with Crippen molar-refractivity contribution in [3.05, 3.63) is 70.4 Å². The van der Waals surface area contributed by atoms with Crippen LogP contribution in [0.5, 0.6) is 0 Å². The van der Waals surface area contributed by atoms with Gasteiger partial charge in [-0.1, -0.05) is 31.2 Å². The Kier molecular flexibility index (Phi) is 5.19. The smallest absolute Gasteiger partial charge is 0.275 e. The van der Waals surface area contributed by atoms with Crippen molar-refractivity contribution in [1.29, 1.82) is 0 Å². The van der Waals surface area contributed by atoms with Crippen LogP contribution in [0.25, 0.3) is 10.8 Å². The van der Waals surface area contributed by atoms with Crippen molar-refractivity contribution in [1.82, 2.24) is 19.7 Å². The van der Waals surface area contributed by atoms with E-state index in [0.717, 1.165) is 42.6 Å². The third kappa shape index (κ3) is 3.81. The average Bonchev–Trinajstić information content (AvgIpc) is 2.72. The van der Waals surface area contributed by atoms with Crippen LogP contribution in [0.1, 0.15) is 31.0 Å². The van der Waals surface area contributed by atoms with Gasteiger partial charge >= 0.3 is 0 Å². The molecule has 0 aliphatic carbocycles. The van der Waals surface area contributed by atoms with Crippen molar-refractivity contribution in [3.63, 3.8) is 0 Å². The van der Waals surface area contributed by atoms with Gasteiger partial charge in [0.2, 0.25) is 5.91 Å². The second kappa shape index (κ2) is 7.92. The maximum Gasteiger partial charge on any atom is 0.275 e. The number of benzene rings is 1. The van der Waals surface area contributed by atoms with Gasteiger partial charge < -0.3 is 4.90 Å². The van der Waals surface area contributed by atoms with Gasteiger partial charge in [0.25, 0.3) is 5.56 Å². The van der Waals surface area contributed by atoms with Crippen molar-refractivity contribution in [3.8, 4) is 0 Å². The molecule has 1 amide bonds. The molecule has 6 heteroatoms. The standard InChI is InChI=1S/C22H24N4O2/c1-16-6-5-11-25(14-16)21(27)15-26-22(28)19-9-3-2-8-18(19)20(24-26)12-17-7-4-10-23-13-17/h2-4,7-10,13,16H,5-6,11-12,14-15H2,1H3/t16-/m1/s1. The largest absolute Gasteiger partial charge is 0.341 e. The first-order valence-electron chi connectivity index (χ1n) is 9.77. The van der Waals surface area contributed by atoms with E-state index in [1.165, 1.54) is 4.68 Å². The number of hydrogen-bond donors (Lipinski definition) is 0. The van der Waals surface area contributed by atoms with E-state index in [1.807, 2.05) is 35.2 Å². The number of fused-ring (bicyclic) bond motifs is 1. The molecule has 0 radical (unpaired) electrons. The number of aromatic nitrogens is 3. The Morgan fingerprint density at radius 3 is 2.75 bits per heavy atom. The molecule has 1 saturated heterocycles. The highest BCUT2D eigenvalue weighted by Crippen LogP contribution is 2.18. The Balaban J connectivity index is 1.69. The number of carbonyl (C=O) groups excluding carboxylic acids is 1. The molecule has 1 aliphatic heterocycles. The van der Waals surface area contributed by atoms with Crippen LogP contribution in [0.4, 0.5) is 0 Å². The van der Waals surface area contributed by atoms with E-state index >= 15 is 0 Å². The molecule has 3 heterocycles. The fraction of sp³-hybridized carbons (Fsp3) is 0.364. The second-order valence-electron chi connectivity index (χ2n) is 7.58. The van der Waals surface area contributed by atoms with Crippen LogP contribution in [0.3, 0.4) is 0 Å². The molecular weight excluding hydrogens is 352 g/mol. The summed E-state index contributed by atoms with van der Waals surface area (Å²) in [5, 5.41) is 6.00. The van der Waals surface area contributed by atoms with Crippen LogP contribution in [-0.2, 0) is 17.8 Å². The van der Waals surface area contributed by atoms with E-state index in [4.69, 9.17) is 0 Å². The summed E-state index contributed by atoms with van der Waals surface area (Å²) in [5.41, 5.74) is 1.58. The lowest BCUT2D eigenvalue weighted by Gasteiger charge is -2.31. The minimum atomic E-state index is -0.219. The van der Waals surface area contributed by atoms with Crippen molar-refractivity contribution < 1.29 is 4.79 Å². The third-order valence-electron chi connectivity index (χ3n) is 5.33. The van der Waals surface area contributed by atoms with Gasteiger partial charge in [-0.25, -0.2) is 4.68 Å². The molecule has 0 N–H and O–H groups in total. The highest BCUT2D eigenvalue weighted by molar-refractivity contribution is 5.84. The van der Waals surface area contributed by atoms with Gasteiger partial charge in [-0.15, -0.1) is 0 Å². The van der Waals surface area contributed by atoms with Crippen LogP contribution in [0.15, 0.2) is 53.6 Å². The molecule has 28 heavy (non-hydrogen) atoms. The van der Waals surface area contributed by atoms with Gasteiger partial charge in [0, 0.05) is 37.3 Å². The number of nitrogens with zero attached hydrogens (tertiary/aromatic N) is 4. The monoisotopic (exact) mass is 376 g/mol. The predicted octanol–water partition coefficient (Wildman–Crippen LogP) is 2.64. The summed E-state index contributed by atoms with van der Waals surface area (Å²) >= 11 is 0. The molecule has 0 saturated carbocycles. The number of amides is 1. The molecule has 0 unspecified atom stereocenters. The van der Waals surface area contributed by atoms with Crippen LogP contribution < -0.4 is 5.56 Å². The minimum absolute atomic E-state index is 0.0174. The lowest BCUT2D eigenvalue weighted by Crippen LogP contribution is -2.42. The van der Waals surface area contributed by atoms with Crippen molar-refractivity contribution >= 4 is 16.7 Å². The van der Waals surface area contributed by atoms with E-state index in [2.05, 4.69) is 17.0 Å². The van der Waals surface area contributed by atoms with Crippen LogP contribution in [0.2, 0.25) is 0 Å². The highest BCUT2D eigenvalue weighted by atomic mass is 16.2. The predicted molar refractivity (Wildman–Crippen MR) is 108 cm³/mol. The molecule has 1 aliphatic rings. The molecule has 0 bridgehead atoms. The van der Waals surface area contributed by atoms with E-state index in [1.54, 1.807) is 18.5 Å². The molecule has 2 aromatic heterocycles. The average molecular weight is 376 g/mol. The van der Waals surface area contributed by atoms with Gasteiger partial charge in [-0.2, -0.15) is 5.10 Å². The first-order valence-corrected chi connectivity index (χ1v) is 9.77. The van der Waals surface area contributed by atoms with Gasteiger partial charge in [-0.05, 0) is 36.5 Å². The Bertz CT molecular complexity index is 1050. The SMILES string of the molecule is C[C@@H]1CCCN(C(=O)Cn2nc(Cc3cccnc3)c3ccccc3c2=O)C1. The fourth-order valence-corrected chi connectivity index (χ4v) is 3.88. The van der Waals surface area contributed by atoms with Gasteiger partial charge in [-0.3, -0.25) is 14.6 Å². The first-order chi connectivity index (χ1) is 13.6. The van der Waals surface area contributed by atoms with Gasteiger partial charge in [0.1, 0.15) is 6.54 Å². The number of piperidine rings is 1. The Hall–Kier alpha value is -3.02. The topological polar surface area (TPSA) is 68.1 Å². The summed E-state index contributed by atoms with van der Waals surface area (Å²) < 4.78 is 1.33. The summed E-state index contributed by atoms with van der Waals surface area (Å²) in [7, 11) is 0.